The number of nitrogens with one attached hydrogen (secondary N) is 3. The molecule has 3 N–H and O–H groups in total. The molecule has 0 saturated heterocycles. The van der Waals surface area contributed by atoms with Crippen molar-refractivity contribution in [3.8, 4) is 10.6 Å². The fourth-order valence-electron chi connectivity index (χ4n) is 2.77. The first-order valence-corrected chi connectivity index (χ1v) is 9.68. The summed E-state index contributed by atoms with van der Waals surface area (Å²) in [6, 6.07) is 11.2. The summed E-state index contributed by atoms with van der Waals surface area (Å²) >= 11 is 1.58. The van der Waals surface area contributed by atoms with Crippen LogP contribution in [0.4, 0.5) is 0 Å². The first kappa shape index (κ1) is 17.9. The van der Waals surface area contributed by atoms with Crippen LogP contribution in [0, 0.1) is 0 Å². The molecule has 0 aliphatic rings. The Morgan fingerprint density at radius 3 is 2.79 bits per heavy atom. The number of thiophene rings is 1. The van der Waals surface area contributed by atoms with E-state index in [-0.39, 0.29) is 11.8 Å². The number of imidazole rings is 1. The summed E-state index contributed by atoms with van der Waals surface area (Å²) in [6.45, 7) is 0.883. The summed E-state index contributed by atoms with van der Waals surface area (Å²) in [5, 5.41) is 14.5. The van der Waals surface area contributed by atoms with Crippen molar-refractivity contribution in [1.29, 1.82) is 0 Å². The highest BCUT2D eigenvalue weighted by molar-refractivity contribution is 7.13. The van der Waals surface area contributed by atoms with E-state index in [9.17, 15) is 9.59 Å². The van der Waals surface area contributed by atoms with Crippen LogP contribution >= 0.6 is 11.3 Å². The van der Waals surface area contributed by atoms with Crippen LogP contribution in [0.25, 0.3) is 16.2 Å². The van der Waals surface area contributed by atoms with E-state index in [0.717, 1.165) is 16.2 Å². The van der Waals surface area contributed by atoms with Gasteiger partial charge in [0.05, 0.1) is 16.8 Å². The Labute approximate surface area is 164 Å². The van der Waals surface area contributed by atoms with E-state index >= 15 is 0 Å². The minimum absolute atomic E-state index is 0.196. The van der Waals surface area contributed by atoms with Gasteiger partial charge in [0.2, 0.25) is 0 Å². The summed E-state index contributed by atoms with van der Waals surface area (Å²) < 4.78 is 1.74. The average molecular weight is 394 g/mol. The van der Waals surface area contributed by atoms with Crippen LogP contribution in [0.2, 0.25) is 0 Å². The fourth-order valence-corrected chi connectivity index (χ4v) is 3.46. The van der Waals surface area contributed by atoms with E-state index < -0.39 is 0 Å². The van der Waals surface area contributed by atoms with Crippen molar-refractivity contribution in [2.75, 3.05) is 13.1 Å². The summed E-state index contributed by atoms with van der Waals surface area (Å²) in [4.78, 5) is 29.7. The number of aromatic nitrogens is 4. The molecular formula is C19H18N6O2S. The second-order valence-electron chi connectivity index (χ2n) is 6.08. The Balaban J connectivity index is 1.22. The molecule has 0 unspecified atom stereocenters. The Hall–Kier alpha value is -3.46. The Morgan fingerprint density at radius 2 is 1.96 bits per heavy atom. The van der Waals surface area contributed by atoms with Gasteiger partial charge in [-0.1, -0.05) is 12.1 Å². The van der Waals surface area contributed by atoms with E-state index in [4.69, 9.17) is 0 Å². The van der Waals surface area contributed by atoms with Crippen LogP contribution in [0.3, 0.4) is 0 Å². The molecule has 0 radical (unpaired) electrons. The maximum Gasteiger partial charge on any atom is 0.271 e. The lowest BCUT2D eigenvalue weighted by Gasteiger charge is -2.06. The van der Waals surface area contributed by atoms with Gasteiger partial charge in [-0.15, -0.1) is 11.3 Å². The number of rotatable bonds is 7. The van der Waals surface area contributed by atoms with Crippen molar-refractivity contribution < 1.29 is 9.59 Å². The number of pyridine rings is 1. The molecule has 28 heavy (non-hydrogen) atoms. The third kappa shape index (κ3) is 3.79. The first-order chi connectivity index (χ1) is 13.7. The zero-order chi connectivity index (χ0) is 19.3. The maximum atomic E-state index is 12.3. The lowest BCUT2D eigenvalue weighted by molar-refractivity contribution is 0.0946. The number of carbonyl (C=O) groups is 2. The number of carbonyl (C=O) groups excluding carboxylic acids is 2. The highest BCUT2D eigenvalue weighted by Crippen LogP contribution is 2.22. The van der Waals surface area contributed by atoms with Gasteiger partial charge in [-0.25, -0.2) is 4.98 Å². The molecule has 4 heterocycles. The van der Waals surface area contributed by atoms with Crippen molar-refractivity contribution in [3.63, 3.8) is 0 Å². The van der Waals surface area contributed by atoms with Gasteiger partial charge in [0, 0.05) is 19.3 Å². The number of fused-ring (bicyclic) bond motifs is 1. The quantitative estimate of drug-likeness (QED) is 0.419. The van der Waals surface area contributed by atoms with Gasteiger partial charge < -0.3 is 10.6 Å². The van der Waals surface area contributed by atoms with Crippen LogP contribution in [-0.2, 0) is 0 Å². The molecule has 4 rings (SSSR count). The van der Waals surface area contributed by atoms with Crippen LogP contribution < -0.4 is 10.6 Å². The Morgan fingerprint density at radius 1 is 1.11 bits per heavy atom. The molecule has 0 saturated carbocycles. The van der Waals surface area contributed by atoms with Crippen molar-refractivity contribution in [2.45, 2.75) is 6.42 Å². The molecule has 4 aromatic heterocycles. The van der Waals surface area contributed by atoms with Crippen molar-refractivity contribution >= 4 is 28.8 Å². The van der Waals surface area contributed by atoms with Gasteiger partial charge in [0.1, 0.15) is 11.3 Å². The molecule has 0 atom stereocenters. The third-order valence-corrected chi connectivity index (χ3v) is 5.07. The fraction of sp³-hybridized carbons (Fsp3) is 0.158. The maximum absolute atomic E-state index is 12.3. The SMILES string of the molecule is O=C(NCCCNC(=O)c1cnc2ccccn12)c1cc(-c2cccs2)[nH]n1. The van der Waals surface area contributed by atoms with Crippen LogP contribution in [-0.4, -0.2) is 44.5 Å². The van der Waals surface area contributed by atoms with Crippen LogP contribution in [0.15, 0.2) is 54.2 Å². The van der Waals surface area contributed by atoms with Crippen LogP contribution in [0.5, 0.6) is 0 Å². The molecule has 9 heteroatoms. The lowest BCUT2D eigenvalue weighted by atomic mass is 10.3. The standard InChI is InChI=1S/C19H18N6O2S/c26-18(14-11-13(23-24-14)16-5-3-10-28-16)20-7-4-8-21-19(27)15-12-22-17-6-1-2-9-25(15)17/h1-3,5-6,9-12H,4,7-8H2,(H,20,26)(H,21,27)(H,23,24). The highest BCUT2D eigenvalue weighted by Gasteiger charge is 2.13. The molecule has 142 valence electrons. The zero-order valence-corrected chi connectivity index (χ0v) is 15.7. The van der Waals surface area contributed by atoms with E-state index in [1.165, 1.54) is 0 Å². The summed E-state index contributed by atoms with van der Waals surface area (Å²) in [6.07, 6.45) is 3.96. The molecule has 0 bridgehead atoms. The molecule has 0 aliphatic heterocycles. The van der Waals surface area contributed by atoms with Gasteiger partial charge >= 0.3 is 0 Å². The normalized spacial score (nSPS) is 10.9. The number of amides is 2. The number of nitrogens with zero attached hydrogens (tertiary/aromatic N) is 3. The van der Waals surface area contributed by atoms with Crippen molar-refractivity contribution in [2.24, 2.45) is 0 Å². The van der Waals surface area contributed by atoms with E-state index in [0.29, 0.717) is 30.9 Å². The number of H-pyrrole nitrogens is 1. The Bertz CT molecular complexity index is 1100. The summed E-state index contributed by atoms with van der Waals surface area (Å²) in [5.74, 6) is -0.440. The van der Waals surface area contributed by atoms with Gasteiger partial charge in [-0.3, -0.25) is 19.1 Å². The molecule has 0 fully saturated rings. The summed E-state index contributed by atoms with van der Waals surface area (Å²) in [7, 11) is 0. The molecule has 0 spiro atoms. The van der Waals surface area contributed by atoms with Crippen LogP contribution in [0.1, 0.15) is 27.4 Å². The van der Waals surface area contributed by atoms with Gasteiger partial charge in [-0.2, -0.15) is 5.10 Å². The third-order valence-electron chi connectivity index (χ3n) is 4.17. The predicted octanol–water partition coefficient (Wildman–Crippen LogP) is 2.34. The second-order valence-corrected chi connectivity index (χ2v) is 7.03. The highest BCUT2D eigenvalue weighted by atomic mass is 32.1. The zero-order valence-electron chi connectivity index (χ0n) is 14.9. The van der Waals surface area contributed by atoms with E-state index in [1.54, 1.807) is 34.2 Å². The van der Waals surface area contributed by atoms with Gasteiger partial charge in [0.25, 0.3) is 11.8 Å². The van der Waals surface area contributed by atoms with Crippen molar-refractivity contribution in [3.05, 3.63) is 65.6 Å². The molecular weight excluding hydrogens is 376 g/mol. The monoisotopic (exact) mass is 394 g/mol. The largest absolute Gasteiger partial charge is 0.351 e. The minimum atomic E-state index is -0.243. The second kappa shape index (κ2) is 8.05. The smallest absolute Gasteiger partial charge is 0.271 e. The predicted molar refractivity (Wildman–Crippen MR) is 106 cm³/mol. The average Bonchev–Trinajstić information content (AvgIpc) is 3.47. The van der Waals surface area contributed by atoms with E-state index in [1.807, 2.05) is 35.7 Å². The van der Waals surface area contributed by atoms with Gasteiger partial charge in [0.15, 0.2) is 5.69 Å². The lowest BCUT2D eigenvalue weighted by Crippen LogP contribution is -2.30. The topological polar surface area (TPSA) is 104 Å². The van der Waals surface area contributed by atoms with E-state index in [2.05, 4.69) is 25.8 Å². The minimum Gasteiger partial charge on any atom is -0.351 e. The number of aromatic amines is 1. The molecule has 4 aromatic rings. The number of hydrogen-bond acceptors (Lipinski definition) is 5. The Kier molecular flexibility index (Phi) is 5.16. The first-order valence-electron chi connectivity index (χ1n) is 8.80. The van der Waals surface area contributed by atoms with Crippen molar-refractivity contribution in [1.82, 2.24) is 30.2 Å². The van der Waals surface area contributed by atoms with Gasteiger partial charge in [-0.05, 0) is 36.1 Å². The molecule has 0 aliphatic carbocycles. The number of hydrogen-bond donors (Lipinski definition) is 3. The molecule has 0 aromatic carbocycles. The summed E-state index contributed by atoms with van der Waals surface area (Å²) in [5.41, 5.74) is 2.37. The molecule has 8 nitrogen and oxygen atoms in total. The molecule has 2 amide bonds.